The third kappa shape index (κ3) is 3.31. The van der Waals surface area contributed by atoms with Crippen molar-refractivity contribution in [2.45, 2.75) is 38.6 Å². The van der Waals surface area contributed by atoms with E-state index in [1.807, 2.05) is 24.3 Å². The quantitative estimate of drug-likeness (QED) is 0.924. The van der Waals surface area contributed by atoms with Crippen molar-refractivity contribution in [2.75, 3.05) is 20.1 Å². The van der Waals surface area contributed by atoms with E-state index >= 15 is 0 Å². The van der Waals surface area contributed by atoms with Crippen LogP contribution in [0.25, 0.3) is 0 Å². The Hall–Kier alpha value is -1.06. The fourth-order valence-electron chi connectivity index (χ4n) is 3.53. The third-order valence-corrected chi connectivity index (χ3v) is 5.62. The predicted octanol–water partition coefficient (Wildman–Crippen LogP) is 3.12. The van der Waals surface area contributed by atoms with Crippen molar-refractivity contribution in [3.63, 3.8) is 0 Å². The highest BCUT2D eigenvalue weighted by molar-refractivity contribution is 6.31. The highest BCUT2D eigenvalue weighted by Crippen LogP contribution is 2.49. The standard InChI is InChI=1S/C18H25ClN2O/c1-13-12-21(2)10-7-16(13)20-17(22)18(8-9-18)11-14-5-3-4-6-15(14)19/h3-6,13,16H,7-12H2,1-2H3,(H,20,22). The maximum Gasteiger partial charge on any atom is 0.226 e. The van der Waals surface area contributed by atoms with Gasteiger partial charge in [0.2, 0.25) is 5.91 Å². The molecule has 0 radical (unpaired) electrons. The fraction of sp³-hybridized carbons (Fsp3) is 0.611. The van der Waals surface area contributed by atoms with Crippen LogP contribution in [0, 0.1) is 11.3 Å². The first-order valence-corrected chi connectivity index (χ1v) is 8.61. The SMILES string of the molecule is CC1CN(C)CCC1NC(=O)C1(Cc2ccccc2Cl)CC1. The van der Waals surface area contributed by atoms with Crippen molar-refractivity contribution in [1.29, 1.82) is 0 Å². The first kappa shape index (κ1) is 15.8. The molecular weight excluding hydrogens is 296 g/mol. The Balaban J connectivity index is 1.63. The topological polar surface area (TPSA) is 32.3 Å². The molecule has 0 spiro atoms. The largest absolute Gasteiger partial charge is 0.353 e. The van der Waals surface area contributed by atoms with Crippen molar-refractivity contribution in [3.05, 3.63) is 34.9 Å². The number of benzene rings is 1. The van der Waals surface area contributed by atoms with Crippen molar-refractivity contribution in [2.24, 2.45) is 11.3 Å². The van der Waals surface area contributed by atoms with Gasteiger partial charge in [0.25, 0.3) is 0 Å². The van der Waals surface area contributed by atoms with Crippen LogP contribution >= 0.6 is 11.6 Å². The van der Waals surface area contributed by atoms with Crippen molar-refractivity contribution in [1.82, 2.24) is 10.2 Å². The maximum absolute atomic E-state index is 12.8. The normalized spacial score (nSPS) is 27.4. The lowest BCUT2D eigenvalue weighted by molar-refractivity contribution is -0.127. The molecule has 1 saturated heterocycles. The Morgan fingerprint density at radius 3 is 2.77 bits per heavy atom. The molecule has 0 aromatic heterocycles. The first-order valence-electron chi connectivity index (χ1n) is 8.23. The van der Waals surface area contributed by atoms with E-state index in [0.29, 0.717) is 12.0 Å². The maximum atomic E-state index is 12.8. The van der Waals surface area contributed by atoms with Gasteiger partial charge in [-0.05, 0) is 56.8 Å². The van der Waals surface area contributed by atoms with Crippen LogP contribution in [0.3, 0.4) is 0 Å². The lowest BCUT2D eigenvalue weighted by Crippen LogP contribution is -2.50. The van der Waals surface area contributed by atoms with E-state index in [9.17, 15) is 4.79 Å². The van der Waals surface area contributed by atoms with Gasteiger partial charge in [-0.3, -0.25) is 4.79 Å². The van der Waals surface area contributed by atoms with E-state index in [-0.39, 0.29) is 11.3 Å². The number of likely N-dealkylation sites (tertiary alicyclic amines) is 1. The van der Waals surface area contributed by atoms with Gasteiger partial charge in [0.05, 0.1) is 5.41 Å². The van der Waals surface area contributed by atoms with E-state index in [2.05, 4.69) is 24.2 Å². The molecule has 3 nitrogen and oxygen atoms in total. The molecule has 1 saturated carbocycles. The second kappa shape index (κ2) is 6.21. The Morgan fingerprint density at radius 2 is 2.14 bits per heavy atom. The molecule has 1 aromatic carbocycles. The Labute approximate surface area is 138 Å². The molecule has 1 aliphatic carbocycles. The summed E-state index contributed by atoms with van der Waals surface area (Å²) in [4.78, 5) is 15.1. The molecule has 4 heteroatoms. The molecule has 2 unspecified atom stereocenters. The average Bonchev–Trinajstić information content (AvgIpc) is 3.25. The van der Waals surface area contributed by atoms with E-state index in [0.717, 1.165) is 49.4 Å². The number of hydrogen-bond donors (Lipinski definition) is 1. The molecular formula is C18H25ClN2O. The van der Waals surface area contributed by atoms with E-state index in [4.69, 9.17) is 11.6 Å². The molecule has 3 rings (SSSR count). The summed E-state index contributed by atoms with van der Waals surface area (Å²) < 4.78 is 0. The second-order valence-electron chi connectivity index (χ2n) is 7.16. The zero-order valence-electron chi connectivity index (χ0n) is 13.4. The number of rotatable bonds is 4. The van der Waals surface area contributed by atoms with Gasteiger partial charge in [-0.25, -0.2) is 0 Å². The minimum Gasteiger partial charge on any atom is -0.353 e. The van der Waals surface area contributed by atoms with Crippen LogP contribution in [0.5, 0.6) is 0 Å². The van der Waals surface area contributed by atoms with Crippen LogP contribution in [-0.4, -0.2) is 37.0 Å². The molecule has 1 amide bonds. The van der Waals surface area contributed by atoms with E-state index in [1.54, 1.807) is 0 Å². The number of hydrogen-bond acceptors (Lipinski definition) is 2. The van der Waals surface area contributed by atoms with Crippen LogP contribution in [0.1, 0.15) is 31.7 Å². The molecule has 1 aliphatic heterocycles. The molecule has 2 aliphatic rings. The van der Waals surface area contributed by atoms with Gasteiger partial charge < -0.3 is 10.2 Å². The van der Waals surface area contributed by atoms with Gasteiger partial charge in [0.1, 0.15) is 0 Å². The van der Waals surface area contributed by atoms with E-state index < -0.39 is 0 Å². The average molecular weight is 321 g/mol. The number of piperidine rings is 1. The zero-order chi connectivity index (χ0) is 15.7. The summed E-state index contributed by atoms with van der Waals surface area (Å²) in [5.41, 5.74) is 0.877. The van der Waals surface area contributed by atoms with Gasteiger partial charge >= 0.3 is 0 Å². The molecule has 1 aromatic rings. The number of nitrogens with zero attached hydrogens (tertiary/aromatic N) is 1. The molecule has 120 valence electrons. The summed E-state index contributed by atoms with van der Waals surface area (Å²) in [5, 5.41) is 4.10. The van der Waals surface area contributed by atoms with E-state index in [1.165, 1.54) is 0 Å². The van der Waals surface area contributed by atoms with Crippen molar-refractivity contribution in [3.8, 4) is 0 Å². The van der Waals surface area contributed by atoms with Crippen molar-refractivity contribution >= 4 is 17.5 Å². The highest BCUT2D eigenvalue weighted by atomic mass is 35.5. The van der Waals surface area contributed by atoms with Gasteiger partial charge in [0.15, 0.2) is 0 Å². The fourth-order valence-corrected chi connectivity index (χ4v) is 3.73. The van der Waals surface area contributed by atoms with Crippen LogP contribution in [-0.2, 0) is 11.2 Å². The monoisotopic (exact) mass is 320 g/mol. The number of carbonyl (C=O) groups excluding carboxylic acids is 1. The minimum absolute atomic E-state index is 0.214. The first-order chi connectivity index (χ1) is 10.5. The lowest BCUT2D eigenvalue weighted by Gasteiger charge is -2.36. The molecule has 2 fully saturated rings. The Morgan fingerprint density at radius 1 is 1.41 bits per heavy atom. The molecule has 2 atom stereocenters. The van der Waals surface area contributed by atoms with Crippen LogP contribution in [0.4, 0.5) is 0 Å². The number of nitrogens with one attached hydrogen (secondary N) is 1. The number of amides is 1. The zero-order valence-corrected chi connectivity index (χ0v) is 14.2. The summed E-state index contributed by atoms with van der Waals surface area (Å²) in [5.74, 6) is 0.743. The van der Waals surface area contributed by atoms with Crippen LogP contribution in [0.2, 0.25) is 5.02 Å². The predicted molar refractivity (Wildman–Crippen MR) is 90.0 cm³/mol. The lowest BCUT2D eigenvalue weighted by atomic mass is 9.91. The molecule has 1 heterocycles. The summed E-state index contributed by atoms with van der Waals surface area (Å²) in [7, 11) is 2.15. The number of halogens is 1. The van der Waals surface area contributed by atoms with Gasteiger partial charge in [-0.2, -0.15) is 0 Å². The minimum atomic E-state index is -0.214. The van der Waals surface area contributed by atoms with Crippen molar-refractivity contribution < 1.29 is 4.79 Å². The second-order valence-corrected chi connectivity index (χ2v) is 7.56. The van der Waals surface area contributed by atoms with Crippen LogP contribution < -0.4 is 5.32 Å². The Bertz CT molecular complexity index is 556. The smallest absolute Gasteiger partial charge is 0.226 e. The highest BCUT2D eigenvalue weighted by Gasteiger charge is 2.50. The number of carbonyl (C=O) groups is 1. The molecule has 22 heavy (non-hydrogen) atoms. The Kier molecular flexibility index (Phi) is 4.47. The van der Waals surface area contributed by atoms with Crippen LogP contribution in [0.15, 0.2) is 24.3 Å². The summed E-state index contributed by atoms with van der Waals surface area (Å²) >= 11 is 6.26. The third-order valence-electron chi connectivity index (χ3n) is 5.25. The summed E-state index contributed by atoms with van der Waals surface area (Å²) in [6.07, 6.45) is 3.77. The van der Waals surface area contributed by atoms with Gasteiger partial charge in [-0.1, -0.05) is 36.7 Å². The molecule has 0 bridgehead atoms. The molecule has 1 N–H and O–H groups in total. The summed E-state index contributed by atoms with van der Waals surface area (Å²) in [6, 6.07) is 8.19. The van der Waals surface area contributed by atoms with Gasteiger partial charge in [0, 0.05) is 17.6 Å². The van der Waals surface area contributed by atoms with Gasteiger partial charge in [-0.15, -0.1) is 0 Å². The summed E-state index contributed by atoms with van der Waals surface area (Å²) in [6.45, 7) is 4.35.